The topological polar surface area (TPSA) is 70.5 Å². The molecule has 0 fully saturated rings. The van der Waals surface area contributed by atoms with Crippen LogP contribution < -0.4 is 0 Å². The lowest BCUT2D eigenvalue weighted by Gasteiger charge is -2.14. The fourth-order valence-corrected chi connectivity index (χ4v) is 2.85. The van der Waals surface area contributed by atoms with Crippen LogP contribution in [0.2, 0.25) is 0 Å². The number of thiazole rings is 1. The van der Waals surface area contributed by atoms with Crippen molar-refractivity contribution in [2.75, 3.05) is 13.6 Å². The van der Waals surface area contributed by atoms with E-state index in [1.807, 2.05) is 0 Å². The normalized spacial score (nSPS) is 10.5. The SMILES string of the molecule is CN(CCCC(=O)O)C(=O)c1csc(Cc2ccccc2F)n1. The zero-order valence-electron chi connectivity index (χ0n) is 12.7. The highest BCUT2D eigenvalue weighted by molar-refractivity contribution is 7.09. The number of halogens is 1. The Morgan fingerprint density at radius 3 is 2.78 bits per heavy atom. The van der Waals surface area contributed by atoms with Crippen molar-refractivity contribution in [2.24, 2.45) is 0 Å². The summed E-state index contributed by atoms with van der Waals surface area (Å²) in [4.78, 5) is 28.4. The molecule has 122 valence electrons. The van der Waals surface area contributed by atoms with E-state index in [2.05, 4.69) is 4.98 Å². The first-order chi connectivity index (χ1) is 11.0. The number of benzene rings is 1. The van der Waals surface area contributed by atoms with Crippen LogP contribution in [0.5, 0.6) is 0 Å². The lowest BCUT2D eigenvalue weighted by Crippen LogP contribution is -2.28. The summed E-state index contributed by atoms with van der Waals surface area (Å²) in [6.45, 7) is 0.352. The van der Waals surface area contributed by atoms with Crippen molar-refractivity contribution in [3.8, 4) is 0 Å². The van der Waals surface area contributed by atoms with E-state index in [0.29, 0.717) is 35.7 Å². The van der Waals surface area contributed by atoms with Crippen LogP contribution in [-0.4, -0.2) is 40.5 Å². The van der Waals surface area contributed by atoms with Gasteiger partial charge in [-0.1, -0.05) is 18.2 Å². The van der Waals surface area contributed by atoms with Gasteiger partial charge in [-0.25, -0.2) is 9.37 Å². The number of hydrogen-bond donors (Lipinski definition) is 1. The minimum atomic E-state index is -0.883. The van der Waals surface area contributed by atoms with Crippen LogP contribution in [0.4, 0.5) is 4.39 Å². The second-order valence-electron chi connectivity index (χ2n) is 5.12. The van der Waals surface area contributed by atoms with Crippen LogP contribution in [-0.2, 0) is 11.2 Å². The van der Waals surface area contributed by atoms with Crippen molar-refractivity contribution >= 4 is 23.2 Å². The van der Waals surface area contributed by atoms with Crippen LogP contribution in [0.25, 0.3) is 0 Å². The molecule has 0 aliphatic rings. The highest BCUT2D eigenvalue weighted by Gasteiger charge is 2.16. The summed E-state index contributed by atoms with van der Waals surface area (Å²) in [5, 5.41) is 10.9. The van der Waals surface area contributed by atoms with E-state index in [-0.39, 0.29) is 18.1 Å². The fraction of sp³-hybridized carbons (Fsp3) is 0.312. The number of carboxylic acid groups (broad SMARTS) is 1. The molecule has 0 spiro atoms. The van der Waals surface area contributed by atoms with E-state index < -0.39 is 5.97 Å². The molecule has 7 heteroatoms. The summed E-state index contributed by atoms with van der Waals surface area (Å²) in [6, 6.07) is 6.47. The fourth-order valence-electron chi connectivity index (χ4n) is 2.06. The molecule has 5 nitrogen and oxygen atoms in total. The molecule has 0 radical (unpaired) electrons. The van der Waals surface area contributed by atoms with Gasteiger partial charge in [-0.3, -0.25) is 9.59 Å². The molecule has 23 heavy (non-hydrogen) atoms. The zero-order chi connectivity index (χ0) is 16.8. The third-order valence-corrected chi connectivity index (χ3v) is 4.15. The summed E-state index contributed by atoms with van der Waals surface area (Å²) >= 11 is 1.31. The van der Waals surface area contributed by atoms with E-state index in [1.54, 1.807) is 30.6 Å². The van der Waals surface area contributed by atoms with Gasteiger partial charge in [0.25, 0.3) is 5.91 Å². The Morgan fingerprint density at radius 2 is 2.09 bits per heavy atom. The molecule has 1 aromatic heterocycles. The highest BCUT2D eigenvalue weighted by Crippen LogP contribution is 2.17. The molecule has 1 aromatic carbocycles. The molecule has 2 aromatic rings. The van der Waals surface area contributed by atoms with E-state index in [9.17, 15) is 14.0 Å². The number of nitrogens with zero attached hydrogens (tertiary/aromatic N) is 2. The van der Waals surface area contributed by atoms with Crippen molar-refractivity contribution in [1.29, 1.82) is 0 Å². The van der Waals surface area contributed by atoms with Gasteiger partial charge in [0.2, 0.25) is 0 Å². The number of carboxylic acids is 1. The average Bonchev–Trinajstić information content (AvgIpc) is 2.97. The van der Waals surface area contributed by atoms with Gasteiger partial charge in [0.05, 0.1) is 5.01 Å². The van der Waals surface area contributed by atoms with Gasteiger partial charge in [0.1, 0.15) is 11.5 Å². The summed E-state index contributed by atoms with van der Waals surface area (Å²) in [7, 11) is 1.61. The second-order valence-corrected chi connectivity index (χ2v) is 6.06. The lowest BCUT2D eigenvalue weighted by molar-refractivity contribution is -0.137. The smallest absolute Gasteiger partial charge is 0.303 e. The molecule has 0 saturated heterocycles. The molecule has 2 rings (SSSR count). The van der Waals surface area contributed by atoms with Gasteiger partial charge in [-0.15, -0.1) is 11.3 Å². The van der Waals surface area contributed by atoms with Crippen LogP contribution in [0, 0.1) is 5.82 Å². The van der Waals surface area contributed by atoms with Gasteiger partial charge < -0.3 is 10.0 Å². The molecule has 0 atom stereocenters. The number of aliphatic carboxylic acids is 1. The Labute approximate surface area is 137 Å². The van der Waals surface area contributed by atoms with E-state index in [4.69, 9.17) is 5.11 Å². The van der Waals surface area contributed by atoms with E-state index in [1.165, 1.54) is 22.3 Å². The van der Waals surface area contributed by atoms with Crippen LogP contribution in [0.3, 0.4) is 0 Å². The Hall–Kier alpha value is -2.28. The van der Waals surface area contributed by atoms with Crippen molar-refractivity contribution in [1.82, 2.24) is 9.88 Å². The number of carbonyl (C=O) groups excluding carboxylic acids is 1. The Balaban J connectivity index is 1.97. The Kier molecular flexibility index (Phi) is 5.81. The minimum Gasteiger partial charge on any atom is -0.481 e. The molecule has 0 bridgehead atoms. The molecule has 0 aliphatic carbocycles. The number of rotatable bonds is 7. The maximum Gasteiger partial charge on any atom is 0.303 e. The first-order valence-electron chi connectivity index (χ1n) is 7.12. The molecule has 1 N–H and O–H groups in total. The monoisotopic (exact) mass is 336 g/mol. The lowest BCUT2D eigenvalue weighted by atomic mass is 10.1. The van der Waals surface area contributed by atoms with Gasteiger partial charge in [-0.05, 0) is 18.1 Å². The first kappa shape index (κ1) is 17.1. The summed E-state index contributed by atoms with van der Waals surface area (Å²) in [5.41, 5.74) is 0.842. The van der Waals surface area contributed by atoms with Gasteiger partial charge in [-0.2, -0.15) is 0 Å². The quantitative estimate of drug-likeness (QED) is 0.844. The molecular weight excluding hydrogens is 319 g/mol. The van der Waals surface area contributed by atoms with Crippen LogP contribution in [0.15, 0.2) is 29.6 Å². The zero-order valence-corrected chi connectivity index (χ0v) is 13.5. The molecule has 0 aliphatic heterocycles. The molecule has 1 amide bonds. The number of hydrogen-bond acceptors (Lipinski definition) is 4. The predicted octanol–water partition coefficient (Wildman–Crippen LogP) is 2.81. The summed E-state index contributed by atoms with van der Waals surface area (Å²) in [6.07, 6.45) is 0.754. The van der Waals surface area contributed by atoms with E-state index in [0.717, 1.165) is 0 Å². The maximum absolute atomic E-state index is 13.6. The highest BCUT2D eigenvalue weighted by atomic mass is 32.1. The summed E-state index contributed by atoms with van der Waals surface area (Å²) < 4.78 is 13.6. The van der Waals surface area contributed by atoms with Gasteiger partial charge >= 0.3 is 5.97 Å². The predicted molar refractivity (Wildman–Crippen MR) is 85.2 cm³/mol. The average molecular weight is 336 g/mol. The number of amides is 1. The van der Waals surface area contributed by atoms with Crippen molar-refractivity contribution in [3.05, 3.63) is 51.7 Å². The third-order valence-electron chi connectivity index (χ3n) is 3.30. The minimum absolute atomic E-state index is 0.0211. The van der Waals surface area contributed by atoms with Crippen LogP contribution in [0.1, 0.15) is 33.9 Å². The maximum atomic E-state index is 13.6. The van der Waals surface area contributed by atoms with Crippen molar-refractivity contribution < 1.29 is 19.1 Å². The third kappa shape index (κ3) is 4.85. The van der Waals surface area contributed by atoms with Crippen molar-refractivity contribution in [2.45, 2.75) is 19.3 Å². The second kappa shape index (κ2) is 7.82. The van der Waals surface area contributed by atoms with Gasteiger partial charge in [0.15, 0.2) is 0 Å². The Bertz CT molecular complexity index is 702. The van der Waals surface area contributed by atoms with Crippen molar-refractivity contribution in [3.63, 3.8) is 0 Å². The summed E-state index contributed by atoms with van der Waals surface area (Å²) in [5.74, 6) is -1.43. The first-order valence-corrected chi connectivity index (χ1v) is 8.00. The molecular formula is C16H17FN2O3S. The standard InChI is InChI=1S/C16H17FN2O3S/c1-19(8-4-7-15(20)21)16(22)13-10-23-14(18-13)9-11-5-2-3-6-12(11)17/h2-3,5-6,10H,4,7-9H2,1H3,(H,20,21). The Morgan fingerprint density at radius 1 is 1.35 bits per heavy atom. The molecule has 0 unspecified atom stereocenters. The van der Waals surface area contributed by atoms with Gasteiger partial charge in [0, 0.05) is 31.8 Å². The molecule has 1 heterocycles. The largest absolute Gasteiger partial charge is 0.481 e. The number of carbonyl (C=O) groups is 2. The van der Waals surface area contributed by atoms with E-state index >= 15 is 0 Å². The molecule has 0 saturated carbocycles. The van der Waals surface area contributed by atoms with Crippen LogP contribution >= 0.6 is 11.3 Å². The number of aromatic nitrogens is 1.